The van der Waals surface area contributed by atoms with Crippen molar-refractivity contribution in [2.75, 3.05) is 13.1 Å². The topological polar surface area (TPSA) is 84.7 Å². The van der Waals surface area contributed by atoms with Crippen LogP contribution >= 0.6 is 0 Å². The highest BCUT2D eigenvalue weighted by molar-refractivity contribution is 7.89. The molecule has 0 bridgehead atoms. The van der Waals surface area contributed by atoms with Gasteiger partial charge in [0.1, 0.15) is 10.5 Å². The van der Waals surface area contributed by atoms with Gasteiger partial charge in [0.25, 0.3) is 0 Å². The number of sulfonamides is 1. The summed E-state index contributed by atoms with van der Waals surface area (Å²) in [6.45, 7) is 9.05. The van der Waals surface area contributed by atoms with Gasteiger partial charge in [-0.25, -0.2) is 13.2 Å². The molecule has 1 aromatic rings. The van der Waals surface area contributed by atoms with Crippen LogP contribution in [0.2, 0.25) is 0 Å². The molecule has 0 N–H and O–H groups in total. The zero-order valence-electron chi connectivity index (χ0n) is 15.2. The van der Waals surface area contributed by atoms with Gasteiger partial charge in [0, 0.05) is 13.1 Å². The van der Waals surface area contributed by atoms with Gasteiger partial charge >= 0.3 is 6.09 Å². The molecule has 25 heavy (non-hydrogen) atoms. The Kier molecular flexibility index (Phi) is 4.57. The second-order valence-electron chi connectivity index (χ2n) is 7.71. The molecular weight excluding hydrogens is 344 g/mol. The van der Waals surface area contributed by atoms with E-state index in [9.17, 15) is 13.2 Å². The predicted molar refractivity (Wildman–Crippen MR) is 91.5 cm³/mol. The first kappa shape index (κ1) is 18.2. The lowest BCUT2D eigenvalue weighted by Crippen LogP contribution is -2.47. The summed E-state index contributed by atoms with van der Waals surface area (Å²) in [5, 5.41) is 4.25. The summed E-state index contributed by atoms with van der Waals surface area (Å²) in [4.78, 5) is 14.3. The number of hydrogen-bond acceptors (Lipinski definition) is 5. The second-order valence-corrected chi connectivity index (χ2v) is 9.61. The summed E-state index contributed by atoms with van der Waals surface area (Å²) < 4.78 is 34.4. The lowest BCUT2D eigenvalue weighted by molar-refractivity contribution is 0.00873. The largest absolute Gasteiger partial charge is 0.444 e. The highest BCUT2D eigenvalue weighted by Gasteiger charge is 2.37. The van der Waals surface area contributed by atoms with Crippen molar-refractivity contribution in [2.24, 2.45) is 0 Å². The molecule has 3 heterocycles. The van der Waals surface area contributed by atoms with Crippen LogP contribution in [0.15, 0.2) is 11.1 Å². The van der Waals surface area contributed by atoms with Crippen molar-refractivity contribution < 1.29 is 17.9 Å². The molecule has 0 aromatic carbocycles. The lowest BCUT2D eigenvalue weighted by Gasteiger charge is -2.35. The molecule has 1 aromatic heterocycles. The molecule has 3 rings (SSSR count). The number of fused-ring (bicyclic) bond motifs is 1. The van der Waals surface area contributed by atoms with Crippen LogP contribution in [0.3, 0.4) is 0 Å². The number of carbonyl (C=O) groups excluding carboxylic acids is 1. The summed E-state index contributed by atoms with van der Waals surface area (Å²) in [6.07, 6.45) is 2.74. The molecule has 8 nitrogen and oxygen atoms in total. The Bertz CT molecular complexity index is 760. The van der Waals surface area contributed by atoms with Crippen molar-refractivity contribution in [2.45, 2.75) is 70.2 Å². The van der Waals surface area contributed by atoms with Crippen molar-refractivity contribution >= 4 is 16.1 Å². The number of hydrogen-bond donors (Lipinski definition) is 0. The van der Waals surface area contributed by atoms with E-state index >= 15 is 0 Å². The zero-order valence-corrected chi connectivity index (χ0v) is 16.0. The zero-order chi connectivity index (χ0) is 18.4. The van der Waals surface area contributed by atoms with Crippen molar-refractivity contribution in [1.82, 2.24) is 19.0 Å². The van der Waals surface area contributed by atoms with E-state index in [-0.39, 0.29) is 17.5 Å². The average molecular weight is 370 g/mol. The van der Waals surface area contributed by atoms with Gasteiger partial charge in [0.05, 0.1) is 31.0 Å². The Labute approximate surface area is 148 Å². The highest BCUT2D eigenvalue weighted by Crippen LogP contribution is 2.28. The molecule has 0 radical (unpaired) electrons. The average Bonchev–Trinajstić information content (AvgIpc) is 3.14. The Morgan fingerprint density at radius 2 is 1.92 bits per heavy atom. The maximum absolute atomic E-state index is 12.9. The minimum absolute atomic E-state index is 0.121. The normalized spacial score (nSPS) is 22.1. The Morgan fingerprint density at radius 3 is 2.52 bits per heavy atom. The molecule has 1 amide bonds. The van der Waals surface area contributed by atoms with Gasteiger partial charge in [0.15, 0.2) is 0 Å². The van der Waals surface area contributed by atoms with E-state index in [2.05, 4.69) is 5.10 Å². The quantitative estimate of drug-likeness (QED) is 0.793. The van der Waals surface area contributed by atoms with E-state index in [1.807, 2.05) is 27.7 Å². The van der Waals surface area contributed by atoms with E-state index < -0.39 is 21.7 Å². The monoisotopic (exact) mass is 370 g/mol. The van der Waals surface area contributed by atoms with Gasteiger partial charge in [-0.3, -0.25) is 9.58 Å². The predicted octanol–water partition coefficient (Wildman–Crippen LogP) is 1.81. The third-order valence-corrected chi connectivity index (χ3v) is 6.45. The maximum Gasteiger partial charge on any atom is 0.410 e. The minimum Gasteiger partial charge on any atom is -0.444 e. The fourth-order valence-corrected chi connectivity index (χ4v) is 4.89. The van der Waals surface area contributed by atoms with Gasteiger partial charge < -0.3 is 4.74 Å². The molecule has 2 aliphatic rings. The molecule has 2 aliphatic heterocycles. The number of rotatable bonds is 2. The van der Waals surface area contributed by atoms with Crippen LogP contribution < -0.4 is 0 Å². The minimum atomic E-state index is -3.57. The molecule has 0 spiro atoms. The molecule has 1 fully saturated rings. The standard InChI is InChI=1S/C16H26N4O4S/c1-12-10-20-13(11-19(12)15(21)24-16(2,3)4)14(9-17-20)25(22,23)18-7-5-6-8-18/h9,12H,5-8,10-11H2,1-4H3/t12-/m0/s1. The van der Waals surface area contributed by atoms with Crippen LogP contribution in [0.25, 0.3) is 0 Å². The summed E-state index contributed by atoms with van der Waals surface area (Å²) in [6, 6.07) is -0.121. The van der Waals surface area contributed by atoms with Gasteiger partial charge in [-0.2, -0.15) is 9.40 Å². The van der Waals surface area contributed by atoms with Crippen molar-refractivity contribution in [3.63, 3.8) is 0 Å². The highest BCUT2D eigenvalue weighted by atomic mass is 32.2. The summed E-state index contributed by atoms with van der Waals surface area (Å²) in [5.74, 6) is 0. The van der Waals surface area contributed by atoms with Gasteiger partial charge in [-0.05, 0) is 40.5 Å². The first-order chi connectivity index (χ1) is 11.6. The molecule has 9 heteroatoms. The fourth-order valence-electron chi connectivity index (χ4n) is 3.22. The van der Waals surface area contributed by atoms with Crippen LogP contribution in [0.5, 0.6) is 0 Å². The van der Waals surface area contributed by atoms with Gasteiger partial charge in [0.2, 0.25) is 10.0 Å². The summed E-state index contributed by atoms with van der Waals surface area (Å²) in [5.41, 5.74) is -0.0465. The summed E-state index contributed by atoms with van der Waals surface area (Å²) in [7, 11) is -3.57. The smallest absolute Gasteiger partial charge is 0.410 e. The van der Waals surface area contributed by atoms with Crippen molar-refractivity contribution in [3.05, 3.63) is 11.9 Å². The van der Waals surface area contributed by atoms with Crippen LogP contribution in [-0.2, 0) is 27.8 Å². The molecule has 0 aliphatic carbocycles. The third kappa shape index (κ3) is 3.52. The van der Waals surface area contributed by atoms with Gasteiger partial charge in [-0.15, -0.1) is 0 Å². The van der Waals surface area contributed by atoms with Crippen molar-refractivity contribution in [3.8, 4) is 0 Å². The lowest BCUT2D eigenvalue weighted by atomic mass is 10.2. The fraction of sp³-hybridized carbons (Fsp3) is 0.750. The number of ether oxygens (including phenoxy) is 1. The van der Waals surface area contributed by atoms with Crippen LogP contribution in [0, 0.1) is 0 Å². The molecular formula is C16H26N4O4S. The second kappa shape index (κ2) is 6.28. The van der Waals surface area contributed by atoms with E-state index in [1.165, 1.54) is 10.5 Å². The molecule has 0 unspecified atom stereocenters. The summed E-state index contributed by atoms with van der Waals surface area (Å²) >= 11 is 0. The first-order valence-corrected chi connectivity index (χ1v) is 10.1. The first-order valence-electron chi connectivity index (χ1n) is 8.64. The molecule has 0 saturated carbocycles. The van der Waals surface area contributed by atoms with Crippen molar-refractivity contribution in [1.29, 1.82) is 0 Å². The SMILES string of the molecule is C[C@H]1Cn2ncc(S(=O)(=O)N3CCCC3)c2CN1C(=O)OC(C)(C)C. The van der Waals surface area contributed by atoms with Gasteiger partial charge in [-0.1, -0.05) is 0 Å². The van der Waals surface area contributed by atoms with Crippen LogP contribution in [-0.4, -0.2) is 58.2 Å². The Hall–Kier alpha value is -1.61. The Balaban J connectivity index is 1.89. The van der Waals surface area contributed by atoms with E-state index in [0.29, 0.717) is 25.3 Å². The Morgan fingerprint density at radius 1 is 1.28 bits per heavy atom. The van der Waals surface area contributed by atoms with Crippen LogP contribution in [0.1, 0.15) is 46.2 Å². The number of aromatic nitrogens is 2. The van der Waals surface area contributed by atoms with E-state index in [0.717, 1.165) is 12.8 Å². The molecule has 140 valence electrons. The maximum atomic E-state index is 12.9. The van der Waals surface area contributed by atoms with E-state index in [4.69, 9.17) is 4.74 Å². The molecule has 1 atom stereocenters. The number of amides is 1. The van der Waals surface area contributed by atoms with E-state index in [1.54, 1.807) is 9.58 Å². The van der Waals surface area contributed by atoms with Crippen LogP contribution in [0.4, 0.5) is 4.79 Å². The third-order valence-electron chi connectivity index (χ3n) is 4.51. The molecule has 1 saturated heterocycles. The number of nitrogens with zero attached hydrogens (tertiary/aromatic N) is 4. The number of carbonyl (C=O) groups is 1.